The van der Waals surface area contributed by atoms with Gasteiger partial charge in [0, 0.05) is 39.5 Å². The first kappa shape index (κ1) is 26.8. The quantitative estimate of drug-likeness (QED) is 0.195. The topological polar surface area (TPSA) is 67.7 Å². The molecule has 0 fully saturated rings. The number of aromatic nitrogens is 5. The normalized spacial score (nSPS) is 11.8. The number of fused-ring (bicyclic) bond motifs is 2. The highest BCUT2D eigenvalue weighted by Gasteiger charge is 2.28. The molecule has 6 heteroatoms. The van der Waals surface area contributed by atoms with Crippen molar-refractivity contribution in [2.24, 2.45) is 0 Å². The summed E-state index contributed by atoms with van der Waals surface area (Å²) >= 11 is 0. The molecule has 6 nitrogen and oxygen atoms in total. The standard InChI is InChI=1S/C41H26N6/c1-4-12-27(13-5-1)32-22-30-18-11-21-36-37(30)34(24-32)35-25-42-26-43-41(35)47(36)33-20-10-19-31(23-33)40-45-38(28-14-6-2-7-15-28)44-39(46-40)29-16-8-3-9-17-29/h1-26H. The summed E-state index contributed by atoms with van der Waals surface area (Å²) in [7, 11) is 0. The molecule has 3 heterocycles. The van der Waals surface area contributed by atoms with Crippen LogP contribution in [0.2, 0.25) is 0 Å². The molecule has 0 N–H and O–H groups in total. The van der Waals surface area contributed by atoms with Crippen LogP contribution < -0.4 is 4.90 Å². The zero-order valence-corrected chi connectivity index (χ0v) is 25.2. The van der Waals surface area contributed by atoms with Crippen LogP contribution in [0.25, 0.3) is 67.2 Å². The van der Waals surface area contributed by atoms with Crippen LogP contribution in [0.1, 0.15) is 0 Å². The Labute approximate surface area is 271 Å². The molecule has 0 unspecified atom stereocenters. The number of hydrogen-bond acceptors (Lipinski definition) is 6. The van der Waals surface area contributed by atoms with Crippen molar-refractivity contribution >= 4 is 28.0 Å². The summed E-state index contributed by atoms with van der Waals surface area (Å²) < 4.78 is 0. The fourth-order valence-electron chi connectivity index (χ4n) is 6.39. The highest BCUT2D eigenvalue weighted by Crippen LogP contribution is 2.51. The van der Waals surface area contributed by atoms with Crippen LogP contribution in [-0.4, -0.2) is 24.9 Å². The zero-order chi connectivity index (χ0) is 31.2. The summed E-state index contributed by atoms with van der Waals surface area (Å²) in [6.45, 7) is 0. The SMILES string of the molecule is c1ccc(-c2cc3c4c(cccc4c2)N(c2cccc(-c4nc(-c5ccccc5)nc(-c5ccccc5)n4)c2)c2ncncc2-3)cc1. The molecule has 0 atom stereocenters. The number of nitrogens with zero attached hydrogens (tertiary/aromatic N) is 6. The van der Waals surface area contributed by atoms with Crippen LogP contribution in [0.3, 0.4) is 0 Å². The Morgan fingerprint density at radius 1 is 0.447 bits per heavy atom. The molecular weight excluding hydrogens is 576 g/mol. The van der Waals surface area contributed by atoms with Gasteiger partial charge in [-0.25, -0.2) is 24.9 Å². The molecule has 47 heavy (non-hydrogen) atoms. The second kappa shape index (κ2) is 11.1. The molecule has 0 saturated heterocycles. The van der Waals surface area contributed by atoms with Crippen LogP contribution in [0.15, 0.2) is 158 Å². The molecule has 1 aliphatic heterocycles. The van der Waals surface area contributed by atoms with Crippen molar-refractivity contribution in [3.8, 4) is 56.4 Å². The summed E-state index contributed by atoms with van der Waals surface area (Å²) in [6.07, 6.45) is 3.54. The van der Waals surface area contributed by atoms with E-state index in [-0.39, 0.29) is 0 Å². The molecule has 2 aromatic heterocycles. The Morgan fingerprint density at radius 3 is 1.72 bits per heavy atom. The zero-order valence-electron chi connectivity index (χ0n) is 25.2. The van der Waals surface area contributed by atoms with Gasteiger partial charge in [-0.1, -0.05) is 115 Å². The van der Waals surface area contributed by atoms with Crippen LogP contribution in [0.5, 0.6) is 0 Å². The van der Waals surface area contributed by atoms with E-state index in [9.17, 15) is 0 Å². The first-order valence-electron chi connectivity index (χ1n) is 15.5. The first-order chi connectivity index (χ1) is 23.3. The summed E-state index contributed by atoms with van der Waals surface area (Å²) in [5.74, 6) is 2.69. The minimum Gasteiger partial charge on any atom is -0.294 e. The predicted molar refractivity (Wildman–Crippen MR) is 188 cm³/mol. The molecule has 0 radical (unpaired) electrons. The number of rotatable bonds is 5. The van der Waals surface area contributed by atoms with Gasteiger partial charge in [-0.2, -0.15) is 0 Å². The highest BCUT2D eigenvalue weighted by atomic mass is 15.2. The van der Waals surface area contributed by atoms with Crippen LogP contribution >= 0.6 is 0 Å². The predicted octanol–water partition coefficient (Wildman–Crippen LogP) is 9.93. The molecule has 0 bridgehead atoms. The van der Waals surface area contributed by atoms with E-state index in [1.807, 2.05) is 85.1 Å². The smallest absolute Gasteiger partial charge is 0.164 e. The summed E-state index contributed by atoms with van der Waals surface area (Å²) in [4.78, 5) is 26.4. The minimum absolute atomic E-state index is 0.602. The van der Waals surface area contributed by atoms with Gasteiger partial charge >= 0.3 is 0 Å². The van der Waals surface area contributed by atoms with E-state index in [0.717, 1.165) is 61.3 Å². The lowest BCUT2D eigenvalue weighted by molar-refractivity contribution is 1.07. The van der Waals surface area contributed by atoms with Crippen molar-refractivity contribution in [2.75, 3.05) is 4.90 Å². The van der Waals surface area contributed by atoms with Gasteiger partial charge < -0.3 is 0 Å². The third-order valence-electron chi connectivity index (χ3n) is 8.56. The van der Waals surface area contributed by atoms with Gasteiger partial charge in [0.25, 0.3) is 0 Å². The van der Waals surface area contributed by atoms with Gasteiger partial charge in [-0.15, -0.1) is 0 Å². The van der Waals surface area contributed by atoms with Crippen molar-refractivity contribution in [3.05, 3.63) is 158 Å². The van der Waals surface area contributed by atoms with E-state index in [1.54, 1.807) is 6.33 Å². The molecule has 220 valence electrons. The van der Waals surface area contributed by atoms with Gasteiger partial charge in [0.05, 0.1) is 5.69 Å². The van der Waals surface area contributed by atoms with Crippen molar-refractivity contribution < 1.29 is 0 Å². The Bertz CT molecular complexity index is 2350. The summed E-state index contributed by atoms with van der Waals surface area (Å²) in [6, 6.07) is 49.9. The second-order valence-electron chi connectivity index (χ2n) is 11.4. The third kappa shape index (κ3) is 4.71. The molecule has 0 spiro atoms. The lowest BCUT2D eigenvalue weighted by atomic mass is 9.90. The van der Waals surface area contributed by atoms with Crippen LogP contribution in [0, 0.1) is 0 Å². The maximum atomic E-state index is 4.98. The van der Waals surface area contributed by atoms with Crippen LogP contribution in [0.4, 0.5) is 17.2 Å². The molecule has 0 saturated carbocycles. The maximum Gasteiger partial charge on any atom is 0.164 e. The van der Waals surface area contributed by atoms with Crippen LogP contribution in [-0.2, 0) is 0 Å². The number of benzene rings is 6. The van der Waals surface area contributed by atoms with Crippen molar-refractivity contribution in [1.82, 2.24) is 24.9 Å². The van der Waals surface area contributed by atoms with Gasteiger partial charge in [-0.3, -0.25) is 4.90 Å². The average molecular weight is 603 g/mol. The largest absolute Gasteiger partial charge is 0.294 e. The highest BCUT2D eigenvalue weighted by molar-refractivity contribution is 6.14. The Kier molecular flexibility index (Phi) is 6.35. The number of hydrogen-bond donors (Lipinski definition) is 0. The van der Waals surface area contributed by atoms with Crippen molar-refractivity contribution in [1.29, 1.82) is 0 Å². The Hall–Kier alpha value is -6.53. The van der Waals surface area contributed by atoms with Crippen molar-refractivity contribution in [3.63, 3.8) is 0 Å². The fraction of sp³-hybridized carbons (Fsp3) is 0. The van der Waals surface area contributed by atoms with E-state index < -0.39 is 0 Å². The van der Waals surface area contributed by atoms with Gasteiger partial charge in [0.15, 0.2) is 17.5 Å². The average Bonchev–Trinajstić information content (AvgIpc) is 3.16. The lowest BCUT2D eigenvalue weighted by Gasteiger charge is -2.32. The van der Waals surface area contributed by atoms with E-state index in [0.29, 0.717) is 17.5 Å². The molecule has 0 amide bonds. The molecule has 1 aliphatic rings. The lowest BCUT2D eigenvalue weighted by Crippen LogP contribution is -2.17. The van der Waals surface area contributed by atoms with E-state index in [1.165, 1.54) is 5.56 Å². The molecule has 8 aromatic rings. The van der Waals surface area contributed by atoms with Gasteiger partial charge in [-0.05, 0) is 52.4 Å². The summed E-state index contributed by atoms with van der Waals surface area (Å²) in [5.41, 5.74) is 9.21. The molecule has 9 rings (SSSR count). The van der Waals surface area contributed by atoms with E-state index >= 15 is 0 Å². The van der Waals surface area contributed by atoms with E-state index in [2.05, 4.69) is 76.6 Å². The fourth-order valence-corrected chi connectivity index (χ4v) is 6.39. The Balaban J connectivity index is 1.22. The molecular formula is C41H26N6. The molecule has 6 aromatic carbocycles. The Morgan fingerprint density at radius 2 is 1.04 bits per heavy atom. The maximum absolute atomic E-state index is 4.98. The monoisotopic (exact) mass is 602 g/mol. The molecule has 0 aliphatic carbocycles. The number of anilines is 3. The minimum atomic E-state index is 0.602. The van der Waals surface area contributed by atoms with Gasteiger partial charge in [0.2, 0.25) is 0 Å². The first-order valence-corrected chi connectivity index (χ1v) is 15.5. The van der Waals surface area contributed by atoms with E-state index in [4.69, 9.17) is 19.9 Å². The second-order valence-corrected chi connectivity index (χ2v) is 11.4. The third-order valence-corrected chi connectivity index (χ3v) is 8.56. The summed E-state index contributed by atoms with van der Waals surface area (Å²) in [5, 5.41) is 2.32. The van der Waals surface area contributed by atoms with Gasteiger partial charge in [0.1, 0.15) is 12.1 Å². The van der Waals surface area contributed by atoms with Crippen molar-refractivity contribution in [2.45, 2.75) is 0 Å².